The highest BCUT2D eigenvalue weighted by atomic mass is 35.5. The average Bonchev–Trinajstić information content (AvgIpc) is 2.50. The van der Waals surface area contributed by atoms with Crippen LogP contribution in [-0.4, -0.2) is 19.9 Å². The number of nitrogens with one attached hydrogen (secondary N) is 1. The summed E-state index contributed by atoms with van der Waals surface area (Å²) in [6.45, 7) is 0. The van der Waals surface area contributed by atoms with Crippen molar-refractivity contribution in [3.8, 4) is 5.75 Å². The Morgan fingerprint density at radius 2 is 1.85 bits per heavy atom. The van der Waals surface area contributed by atoms with Gasteiger partial charge in [0.15, 0.2) is 0 Å². The average molecular weight is 308 g/mol. The van der Waals surface area contributed by atoms with E-state index in [-0.39, 0.29) is 6.04 Å². The first-order chi connectivity index (χ1) is 9.74. The van der Waals surface area contributed by atoms with E-state index < -0.39 is 0 Å². The van der Waals surface area contributed by atoms with Crippen molar-refractivity contribution >= 4 is 23.4 Å². The molecule has 0 amide bonds. The van der Waals surface area contributed by atoms with E-state index in [9.17, 15) is 0 Å². The van der Waals surface area contributed by atoms with Crippen molar-refractivity contribution in [2.45, 2.75) is 10.9 Å². The second-order valence-electron chi connectivity index (χ2n) is 4.36. The smallest absolute Gasteiger partial charge is 0.118 e. The lowest BCUT2D eigenvalue weighted by Crippen LogP contribution is -2.18. The second-order valence-corrected chi connectivity index (χ2v) is 5.82. The molecule has 0 aromatic heterocycles. The molecule has 0 fully saturated rings. The predicted octanol–water partition coefficient (Wildman–Crippen LogP) is 4.40. The van der Waals surface area contributed by atoms with Crippen LogP contribution in [0.25, 0.3) is 0 Å². The fourth-order valence-electron chi connectivity index (χ4n) is 1.92. The molecule has 2 nitrogen and oxygen atoms in total. The molecule has 0 aliphatic rings. The van der Waals surface area contributed by atoms with Crippen LogP contribution < -0.4 is 10.1 Å². The Morgan fingerprint density at radius 3 is 2.45 bits per heavy atom. The monoisotopic (exact) mass is 307 g/mol. The van der Waals surface area contributed by atoms with E-state index in [1.807, 2.05) is 43.4 Å². The summed E-state index contributed by atoms with van der Waals surface area (Å²) in [5.41, 5.74) is 1.24. The van der Waals surface area contributed by atoms with Crippen molar-refractivity contribution in [2.75, 3.05) is 19.9 Å². The first kappa shape index (κ1) is 15.2. The first-order valence-electron chi connectivity index (χ1n) is 6.43. The lowest BCUT2D eigenvalue weighted by atomic mass is 10.1. The van der Waals surface area contributed by atoms with E-state index in [4.69, 9.17) is 16.3 Å². The maximum Gasteiger partial charge on any atom is 0.118 e. The summed E-state index contributed by atoms with van der Waals surface area (Å²) >= 11 is 7.94. The quantitative estimate of drug-likeness (QED) is 0.799. The van der Waals surface area contributed by atoms with Crippen molar-refractivity contribution in [3.05, 3.63) is 59.1 Å². The van der Waals surface area contributed by atoms with Gasteiger partial charge in [0, 0.05) is 16.7 Å². The number of halogens is 1. The maximum atomic E-state index is 6.18. The van der Waals surface area contributed by atoms with Gasteiger partial charge < -0.3 is 10.1 Å². The van der Waals surface area contributed by atoms with Gasteiger partial charge in [0.25, 0.3) is 0 Å². The van der Waals surface area contributed by atoms with Crippen LogP contribution in [0.4, 0.5) is 0 Å². The number of hydrogen-bond acceptors (Lipinski definition) is 3. The third-order valence-corrected chi connectivity index (χ3v) is 4.72. The number of rotatable bonds is 6. The summed E-state index contributed by atoms with van der Waals surface area (Å²) in [6, 6.07) is 16.4. The van der Waals surface area contributed by atoms with Gasteiger partial charge in [-0.3, -0.25) is 0 Å². The molecule has 4 heteroatoms. The summed E-state index contributed by atoms with van der Waals surface area (Å²) in [4.78, 5) is 1.11. The summed E-state index contributed by atoms with van der Waals surface area (Å²) in [5.74, 6) is 1.80. The maximum absolute atomic E-state index is 6.18. The lowest BCUT2D eigenvalue weighted by Gasteiger charge is -2.17. The Morgan fingerprint density at radius 1 is 1.15 bits per heavy atom. The van der Waals surface area contributed by atoms with Gasteiger partial charge in [-0.25, -0.2) is 0 Å². The Balaban J connectivity index is 2.03. The zero-order valence-corrected chi connectivity index (χ0v) is 13.2. The van der Waals surface area contributed by atoms with Gasteiger partial charge in [-0.1, -0.05) is 35.9 Å². The van der Waals surface area contributed by atoms with E-state index in [1.165, 1.54) is 5.56 Å². The molecule has 0 aliphatic heterocycles. The molecule has 1 N–H and O–H groups in total. The van der Waals surface area contributed by atoms with Crippen molar-refractivity contribution in [3.63, 3.8) is 0 Å². The third-order valence-electron chi connectivity index (χ3n) is 3.11. The highest BCUT2D eigenvalue weighted by Crippen LogP contribution is 2.30. The Labute approximate surface area is 129 Å². The molecule has 2 rings (SSSR count). The molecule has 2 aromatic carbocycles. The van der Waals surface area contributed by atoms with E-state index in [1.54, 1.807) is 18.9 Å². The number of ether oxygens (including phenoxy) is 1. The molecular weight excluding hydrogens is 290 g/mol. The molecule has 0 saturated heterocycles. The zero-order valence-electron chi connectivity index (χ0n) is 11.6. The zero-order chi connectivity index (χ0) is 14.4. The molecule has 0 spiro atoms. The van der Waals surface area contributed by atoms with E-state index in [2.05, 4.69) is 17.4 Å². The molecule has 2 aromatic rings. The van der Waals surface area contributed by atoms with Gasteiger partial charge in [0.1, 0.15) is 5.75 Å². The second kappa shape index (κ2) is 7.58. The third kappa shape index (κ3) is 3.92. The van der Waals surface area contributed by atoms with Gasteiger partial charge in [-0.2, -0.15) is 0 Å². The van der Waals surface area contributed by atoms with Gasteiger partial charge in [-0.05, 0) is 36.9 Å². The first-order valence-corrected chi connectivity index (χ1v) is 7.79. The standard InChI is InChI=1S/C16H18ClNOS/c1-18-15(12-7-9-13(19-2)10-8-12)11-20-16-6-4-3-5-14(16)17/h3-10,15,18H,11H2,1-2H3. The van der Waals surface area contributed by atoms with Crippen LogP contribution in [-0.2, 0) is 0 Å². The highest BCUT2D eigenvalue weighted by Gasteiger charge is 2.11. The van der Waals surface area contributed by atoms with Crippen LogP contribution in [0.1, 0.15) is 11.6 Å². The fraction of sp³-hybridized carbons (Fsp3) is 0.250. The number of methoxy groups -OCH3 is 1. The van der Waals surface area contributed by atoms with E-state index >= 15 is 0 Å². The highest BCUT2D eigenvalue weighted by molar-refractivity contribution is 7.99. The molecule has 0 heterocycles. The van der Waals surface area contributed by atoms with Crippen LogP contribution >= 0.6 is 23.4 Å². The Hall–Kier alpha value is -1.16. The van der Waals surface area contributed by atoms with E-state index in [0.717, 1.165) is 21.4 Å². The van der Waals surface area contributed by atoms with Crippen molar-refractivity contribution < 1.29 is 4.74 Å². The molecule has 0 aliphatic carbocycles. The lowest BCUT2D eigenvalue weighted by molar-refractivity contribution is 0.414. The van der Waals surface area contributed by atoms with Crippen LogP contribution in [0.2, 0.25) is 5.02 Å². The topological polar surface area (TPSA) is 21.3 Å². The predicted molar refractivity (Wildman–Crippen MR) is 87.0 cm³/mol. The van der Waals surface area contributed by atoms with Gasteiger partial charge in [0.05, 0.1) is 12.1 Å². The summed E-state index contributed by atoms with van der Waals surface area (Å²) < 4.78 is 5.18. The molecule has 106 valence electrons. The fourth-order valence-corrected chi connectivity index (χ4v) is 3.30. The Bertz CT molecular complexity index is 544. The van der Waals surface area contributed by atoms with Crippen molar-refractivity contribution in [1.29, 1.82) is 0 Å². The molecule has 0 radical (unpaired) electrons. The molecule has 1 unspecified atom stereocenters. The number of hydrogen-bond donors (Lipinski definition) is 1. The van der Waals surface area contributed by atoms with Crippen LogP contribution in [0, 0.1) is 0 Å². The van der Waals surface area contributed by atoms with Gasteiger partial charge in [-0.15, -0.1) is 11.8 Å². The minimum Gasteiger partial charge on any atom is -0.497 e. The van der Waals surface area contributed by atoms with Crippen LogP contribution in [0.5, 0.6) is 5.75 Å². The minimum absolute atomic E-state index is 0.280. The largest absolute Gasteiger partial charge is 0.497 e. The van der Waals surface area contributed by atoms with Gasteiger partial charge >= 0.3 is 0 Å². The minimum atomic E-state index is 0.280. The summed E-state index contributed by atoms with van der Waals surface area (Å²) in [7, 11) is 3.65. The molecule has 20 heavy (non-hydrogen) atoms. The molecule has 0 saturated carbocycles. The molecule has 1 atom stereocenters. The summed E-state index contributed by atoms with van der Waals surface area (Å²) in [6.07, 6.45) is 0. The number of benzene rings is 2. The van der Waals surface area contributed by atoms with Crippen LogP contribution in [0.3, 0.4) is 0 Å². The van der Waals surface area contributed by atoms with Crippen molar-refractivity contribution in [1.82, 2.24) is 5.32 Å². The van der Waals surface area contributed by atoms with Crippen molar-refractivity contribution in [2.24, 2.45) is 0 Å². The molecule has 0 bridgehead atoms. The number of thioether (sulfide) groups is 1. The van der Waals surface area contributed by atoms with Gasteiger partial charge in [0.2, 0.25) is 0 Å². The Kier molecular flexibility index (Phi) is 5.77. The van der Waals surface area contributed by atoms with E-state index in [0.29, 0.717) is 0 Å². The van der Waals surface area contributed by atoms with Crippen LogP contribution in [0.15, 0.2) is 53.4 Å². The molecular formula is C16H18ClNOS. The SMILES string of the molecule is CNC(CSc1ccccc1Cl)c1ccc(OC)cc1. The summed E-state index contributed by atoms with van der Waals surface area (Å²) in [5, 5.41) is 4.15. The normalized spacial score (nSPS) is 12.2.